The lowest BCUT2D eigenvalue weighted by molar-refractivity contribution is 0.174. The van der Waals surface area contributed by atoms with Crippen LogP contribution in [0, 0.1) is 0 Å². The molecule has 1 aliphatic heterocycles. The van der Waals surface area contributed by atoms with Crippen LogP contribution in [0.1, 0.15) is 5.56 Å². The Morgan fingerprint density at radius 2 is 1.57 bits per heavy atom. The number of halogens is 1. The zero-order valence-electron chi connectivity index (χ0n) is 11.0. The quantitative estimate of drug-likeness (QED) is 0.934. The molecule has 7 heteroatoms. The van der Waals surface area contributed by atoms with Crippen molar-refractivity contribution < 1.29 is 17.9 Å². The molecule has 2 aromatic carbocycles. The SMILES string of the molecule is Cl.NCc1ccc(S(=O)(=O)c2ccc3c(c2)OCO3)cc1. The summed E-state index contributed by atoms with van der Waals surface area (Å²) < 4.78 is 35.4. The normalized spacial score (nSPS) is 12.8. The van der Waals surface area contributed by atoms with Crippen LogP contribution in [0.15, 0.2) is 52.3 Å². The molecule has 3 rings (SSSR count). The van der Waals surface area contributed by atoms with Gasteiger partial charge in [-0.25, -0.2) is 8.42 Å². The molecule has 2 aromatic rings. The topological polar surface area (TPSA) is 78.6 Å². The summed E-state index contributed by atoms with van der Waals surface area (Å²) in [6.45, 7) is 0.494. The van der Waals surface area contributed by atoms with Gasteiger partial charge in [-0.3, -0.25) is 0 Å². The second-order valence-corrected chi connectivity index (χ2v) is 6.32. The highest BCUT2D eigenvalue weighted by atomic mass is 35.5. The van der Waals surface area contributed by atoms with Crippen LogP contribution in [-0.2, 0) is 16.4 Å². The largest absolute Gasteiger partial charge is 0.454 e. The molecule has 0 saturated heterocycles. The van der Waals surface area contributed by atoms with Crippen molar-refractivity contribution in [2.75, 3.05) is 6.79 Å². The van der Waals surface area contributed by atoms with Crippen LogP contribution < -0.4 is 15.2 Å². The van der Waals surface area contributed by atoms with Gasteiger partial charge in [0.15, 0.2) is 11.5 Å². The van der Waals surface area contributed by atoms with E-state index < -0.39 is 9.84 Å². The lowest BCUT2D eigenvalue weighted by Gasteiger charge is -2.06. The number of fused-ring (bicyclic) bond motifs is 1. The molecule has 0 fully saturated rings. The van der Waals surface area contributed by atoms with E-state index in [4.69, 9.17) is 15.2 Å². The first-order valence-corrected chi connectivity index (χ1v) is 7.53. The van der Waals surface area contributed by atoms with E-state index in [-0.39, 0.29) is 29.0 Å². The number of rotatable bonds is 3. The maximum absolute atomic E-state index is 12.5. The van der Waals surface area contributed by atoms with Crippen molar-refractivity contribution in [3.8, 4) is 11.5 Å². The van der Waals surface area contributed by atoms with Crippen molar-refractivity contribution in [1.29, 1.82) is 0 Å². The standard InChI is InChI=1S/C14H13NO4S.ClH/c15-8-10-1-3-11(4-2-10)20(16,17)12-5-6-13-14(7-12)19-9-18-13;/h1-7H,8-9,15H2;1H. The van der Waals surface area contributed by atoms with Gasteiger partial charge in [-0.15, -0.1) is 12.4 Å². The lowest BCUT2D eigenvalue weighted by Crippen LogP contribution is -2.03. The highest BCUT2D eigenvalue weighted by Crippen LogP contribution is 2.35. The molecule has 0 aromatic heterocycles. The van der Waals surface area contributed by atoms with E-state index >= 15 is 0 Å². The average molecular weight is 328 g/mol. The van der Waals surface area contributed by atoms with Crippen LogP contribution in [0.5, 0.6) is 11.5 Å². The minimum absolute atomic E-state index is 0. The summed E-state index contributed by atoms with van der Waals surface area (Å²) in [5.41, 5.74) is 6.39. The first-order chi connectivity index (χ1) is 9.61. The van der Waals surface area contributed by atoms with Gasteiger partial charge in [0.05, 0.1) is 9.79 Å². The molecule has 0 bridgehead atoms. The zero-order chi connectivity index (χ0) is 14.2. The van der Waals surface area contributed by atoms with Crippen LogP contribution >= 0.6 is 12.4 Å². The Morgan fingerprint density at radius 3 is 2.24 bits per heavy atom. The minimum atomic E-state index is -3.56. The molecule has 0 aliphatic carbocycles. The number of ether oxygens (including phenoxy) is 2. The van der Waals surface area contributed by atoms with Crippen LogP contribution in [0.2, 0.25) is 0 Å². The van der Waals surface area contributed by atoms with Gasteiger partial charge in [-0.05, 0) is 29.8 Å². The minimum Gasteiger partial charge on any atom is -0.454 e. The molecule has 112 valence electrons. The third-order valence-corrected chi connectivity index (χ3v) is 4.89. The van der Waals surface area contributed by atoms with Crippen molar-refractivity contribution in [3.05, 3.63) is 48.0 Å². The molecule has 0 spiro atoms. The summed E-state index contributed by atoms with van der Waals surface area (Å²) in [5.74, 6) is 1.01. The predicted molar refractivity (Wildman–Crippen MR) is 79.6 cm³/mol. The number of hydrogen-bond donors (Lipinski definition) is 1. The molecule has 1 heterocycles. The summed E-state index contributed by atoms with van der Waals surface area (Å²) in [6.07, 6.45) is 0. The van der Waals surface area contributed by atoms with Crippen molar-refractivity contribution in [1.82, 2.24) is 0 Å². The van der Waals surface area contributed by atoms with Gasteiger partial charge < -0.3 is 15.2 Å². The fourth-order valence-electron chi connectivity index (χ4n) is 1.98. The molecule has 5 nitrogen and oxygen atoms in total. The highest BCUT2D eigenvalue weighted by molar-refractivity contribution is 7.91. The summed E-state index contributed by atoms with van der Waals surface area (Å²) >= 11 is 0. The van der Waals surface area contributed by atoms with Gasteiger partial charge in [0, 0.05) is 12.6 Å². The number of hydrogen-bond acceptors (Lipinski definition) is 5. The van der Waals surface area contributed by atoms with E-state index in [1.807, 2.05) is 0 Å². The van der Waals surface area contributed by atoms with Gasteiger partial charge in [-0.1, -0.05) is 12.1 Å². The maximum Gasteiger partial charge on any atom is 0.231 e. The van der Waals surface area contributed by atoms with E-state index in [1.165, 1.54) is 12.1 Å². The Balaban J connectivity index is 0.00000161. The molecular weight excluding hydrogens is 314 g/mol. The van der Waals surface area contributed by atoms with Crippen LogP contribution in [0.3, 0.4) is 0 Å². The summed E-state index contributed by atoms with van der Waals surface area (Å²) in [5, 5.41) is 0. The van der Waals surface area contributed by atoms with Gasteiger partial charge in [0.1, 0.15) is 0 Å². The highest BCUT2D eigenvalue weighted by Gasteiger charge is 2.22. The van der Waals surface area contributed by atoms with Crippen molar-refractivity contribution in [2.45, 2.75) is 16.3 Å². The molecule has 0 saturated carbocycles. The molecule has 1 aliphatic rings. The Morgan fingerprint density at radius 1 is 0.952 bits per heavy atom. The zero-order valence-corrected chi connectivity index (χ0v) is 12.6. The van der Waals surface area contributed by atoms with E-state index in [1.54, 1.807) is 30.3 Å². The smallest absolute Gasteiger partial charge is 0.231 e. The fourth-order valence-corrected chi connectivity index (χ4v) is 3.26. The predicted octanol–water partition coefficient (Wildman–Crippen LogP) is 2.13. The lowest BCUT2D eigenvalue weighted by atomic mass is 10.2. The van der Waals surface area contributed by atoms with Gasteiger partial charge >= 0.3 is 0 Å². The third-order valence-electron chi connectivity index (χ3n) is 3.12. The number of nitrogens with two attached hydrogens (primary N) is 1. The monoisotopic (exact) mass is 327 g/mol. The van der Waals surface area contributed by atoms with Crippen LogP contribution in [0.25, 0.3) is 0 Å². The fraction of sp³-hybridized carbons (Fsp3) is 0.143. The van der Waals surface area contributed by atoms with Crippen molar-refractivity contribution >= 4 is 22.2 Å². The second kappa shape index (κ2) is 5.93. The molecule has 2 N–H and O–H groups in total. The van der Waals surface area contributed by atoms with E-state index in [2.05, 4.69) is 0 Å². The summed E-state index contributed by atoms with van der Waals surface area (Å²) in [7, 11) is -3.56. The van der Waals surface area contributed by atoms with E-state index in [0.717, 1.165) is 5.56 Å². The first kappa shape index (κ1) is 15.6. The van der Waals surface area contributed by atoms with Crippen molar-refractivity contribution in [2.24, 2.45) is 5.73 Å². The maximum atomic E-state index is 12.5. The van der Waals surface area contributed by atoms with Gasteiger partial charge in [0.25, 0.3) is 0 Å². The third kappa shape index (κ3) is 2.83. The number of benzene rings is 2. The van der Waals surface area contributed by atoms with Gasteiger partial charge in [0.2, 0.25) is 16.6 Å². The average Bonchev–Trinajstić information content (AvgIpc) is 2.94. The van der Waals surface area contributed by atoms with E-state index in [9.17, 15) is 8.42 Å². The summed E-state index contributed by atoms with van der Waals surface area (Å²) in [6, 6.07) is 11.1. The van der Waals surface area contributed by atoms with Crippen LogP contribution in [-0.4, -0.2) is 15.2 Å². The Kier molecular flexibility index (Phi) is 4.41. The Labute approximate surface area is 129 Å². The molecule has 0 amide bonds. The second-order valence-electron chi connectivity index (χ2n) is 4.37. The molecule has 0 radical (unpaired) electrons. The Bertz CT molecular complexity index is 744. The summed E-state index contributed by atoms with van der Waals surface area (Å²) in [4.78, 5) is 0.413. The Hall–Kier alpha value is -1.76. The molecule has 21 heavy (non-hydrogen) atoms. The van der Waals surface area contributed by atoms with E-state index in [0.29, 0.717) is 18.0 Å². The van der Waals surface area contributed by atoms with Crippen molar-refractivity contribution in [3.63, 3.8) is 0 Å². The molecular formula is C14H14ClNO4S. The molecule has 0 unspecified atom stereocenters. The van der Waals surface area contributed by atoms with Crippen LogP contribution in [0.4, 0.5) is 0 Å². The number of sulfone groups is 1. The van der Waals surface area contributed by atoms with Gasteiger partial charge in [-0.2, -0.15) is 0 Å². The molecule has 0 atom stereocenters. The first-order valence-electron chi connectivity index (χ1n) is 6.05.